The van der Waals surface area contributed by atoms with Crippen LogP contribution < -0.4 is 15.2 Å². The maximum Gasteiger partial charge on any atom is 0.126 e. The highest BCUT2D eigenvalue weighted by Gasteiger charge is 2.09. The van der Waals surface area contributed by atoms with Crippen molar-refractivity contribution in [1.82, 2.24) is 0 Å². The number of nitrogens with two attached hydrogens (primary N) is 1. The van der Waals surface area contributed by atoms with E-state index in [1.165, 1.54) is 0 Å². The van der Waals surface area contributed by atoms with E-state index in [-0.39, 0.29) is 0 Å². The molecule has 2 N–H and O–H groups in total. The van der Waals surface area contributed by atoms with Gasteiger partial charge in [0.25, 0.3) is 0 Å². The Bertz CT molecular complexity index is 285. The second kappa shape index (κ2) is 4.86. The molecule has 0 bridgehead atoms. The zero-order valence-corrected chi connectivity index (χ0v) is 8.96. The van der Waals surface area contributed by atoms with Crippen molar-refractivity contribution < 1.29 is 9.47 Å². The van der Waals surface area contributed by atoms with Gasteiger partial charge in [0.2, 0.25) is 0 Å². The van der Waals surface area contributed by atoms with E-state index in [2.05, 4.69) is 0 Å². The first-order valence-corrected chi connectivity index (χ1v) is 4.64. The van der Waals surface area contributed by atoms with Crippen molar-refractivity contribution in [3.05, 3.63) is 23.3 Å². The predicted molar refractivity (Wildman–Crippen MR) is 57.0 cm³/mol. The third-order valence-electron chi connectivity index (χ3n) is 2.15. The smallest absolute Gasteiger partial charge is 0.126 e. The molecule has 0 fully saturated rings. The molecular weight excluding hydrogens is 178 g/mol. The van der Waals surface area contributed by atoms with E-state index in [0.29, 0.717) is 6.54 Å². The van der Waals surface area contributed by atoms with Crippen LogP contribution in [-0.4, -0.2) is 20.8 Å². The molecule has 78 valence electrons. The fourth-order valence-corrected chi connectivity index (χ4v) is 1.51. The van der Waals surface area contributed by atoms with Gasteiger partial charge in [-0.15, -0.1) is 0 Å². The highest BCUT2D eigenvalue weighted by atomic mass is 16.5. The van der Waals surface area contributed by atoms with Crippen molar-refractivity contribution in [1.29, 1.82) is 0 Å². The summed E-state index contributed by atoms with van der Waals surface area (Å²) in [6, 6.07) is 3.99. The van der Waals surface area contributed by atoms with E-state index in [0.717, 1.165) is 29.0 Å². The number of benzene rings is 1. The van der Waals surface area contributed by atoms with Crippen molar-refractivity contribution >= 4 is 0 Å². The molecule has 1 rings (SSSR count). The predicted octanol–water partition coefficient (Wildman–Crippen LogP) is 1.51. The molecular formula is C11H17NO2. The van der Waals surface area contributed by atoms with Crippen LogP contribution in [0.5, 0.6) is 11.5 Å². The third kappa shape index (κ3) is 2.17. The number of rotatable bonds is 4. The molecule has 3 nitrogen and oxygen atoms in total. The van der Waals surface area contributed by atoms with Crippen molar-refractivity contribution in [2.45, 2.75) is 13.3 Å². The van der Waals surface area contributed by atoms with Gasteiger partial charge < -0.3 is 15.2 Å². The summed E-state index contributed by atoms with van der Waals surface area (Å²) in [5.41, 5.74) is 7.70. The Hall–Kier alpha value is -1.22. The van der Waals surface area contributed by atoms with Gasteiger partial charge in [-0.05, 0) is 37.6 Å². The monoisotopic (exact) mass is 195 g/mol. The maximum atomic E-state index is 5.53. The first-order valence-electron chi connectivity index (χ1n) is 4.64. The molecule has 0 radical (unpaired) electrons. The highest BCUT2D eigenvalue weighted by molar-refractivity contribution is 5.48. The lowest BCUT2D eigenvalue weighted by atomic mass is 10.1. The fourth-order valence-electron chi connectivity index (χ4n) is 1.51. The lowest BCUT2D eigenvalue weighted by molar-refractivity contribution is 0.385. The van der Waals surface area contributed by atoms with Crippen LogP contribution in [0.3, 0.4) is 0 Å². The van der Waals surface area contributed by atoms with Crippen molar-refractivity contribution in [3.63, 3.8) is 0 Å². The quantitative estimate of drug-likeness (QED) is 0.792. The van der Waals surface area contributed by atoms with E-state index >= 15 is 0 Å². The number of hydrogen-bond donors (Lipinski definition) is 1. The summed E-state index contributed by atoms with van der Waals surface area (Å²) in [4.78, 5) is 0. The fraction of sp³-hybridized carbons (Fsp3) is 0.455. The Morgan fingerprint density at radius 2 is 1.64 bits per heavy atom. The maximum absolute atomic E-state index is 5.53. The summed E-state index contributed by atoms with van der Waals surface area (Å²) in [6.45, 7) is 2.60. The van der Waals surface area contributed by atoms with Gasteiger partial charge in [-0.1, -0.05) is 0 Å². The molecule has 0 unspecified atom stereocenters. The minimum Gasteiger partial charge on any atom is -0.496 e. The molecule has 3 heteroatoms. The molecule has 1 aromatic rings. The second-order valence-corrected chi connectivity index (χ2v) is 3.19. The third-order valence-corrected chi connectivity index (χ3v) is 2.15. The van der Waals surface area contributed by atoms with Crippen LogP contribution in [0.15, 0.2) is 12.1 Å². The molecule has 0 saturated carbocycles. The van der Waals surface area contributed by atoms with Gasteiger partial charge in [0.1, 0.15) is 11.5 Å². The normalized spacial score (nSPS) is 10.0. The van der Waals surface area contributed by atoms with E-state index in [1.807, 2.05) is 19.1 Å². The Balaban J connectivity index is 3.18. The number of methoxy groups -OCH3 is 2. The summed E-state index contributed by atoms with van der Waals surface area (Å²) in [5.74, 6) is 1.71. The second-order valence-electron chi connectivity index (χ2n) is 3.19. The molecule has 14 heavy (non-hydrogen) atoms. The summed E-state index contributed by atoms with van der Waals surface area (Å²) in [7, 11) is 3.32. The number of aryl methyl sites for hydroxylation is 1. The molecule has 0 saturated heterocycles. The summed E-state index contributed by atoms with van der Waals surface area (Å²) >= 11 is 0. The summed E-state index contributed by atoms with van der Waals surface area (Å²) < 4.78 is 10.6. The molecule has 0 heterocycles. The van der Waals surface area contributed by atoms with Crippen LogP contribution in [0, 0.1) is 6.92 Å². The van der Waals surface area contributed by atoms with E-state index < -0.39 is 0 Å². The van der Waals surface area contributed by atoms with Gasteiger partial charge in [0.05, 0.1) is 14.2 Å². The van der Waals surface area contributed by atoms with Crippen molar-refractivity contribution in [3.8, 4) is 11.5 Å². The van der Waals surface area contributed by atoms with Crippen LogP contribution in [0.25, 0.3) is 0 Å². The molecule has 0 spiro atoms. The van der Waals surface area contributed by atoms with Crippen molar-refractivity contribution in [2.75, 3.05) is 20.8 Å². The molecule has 1 aromatic carbocycles. The molecule has 0 atom stereocenters. The Kier molecular flexibility index (Phi) is 3.77. The zero-order valence-electron chi connectivity index (χ0n) is 8.96. The molecule has 0 aromatic heterocycles. The Labute approximate surface area is 84.8 Å². The van der Waals surface area contributed by atoms with Gasteiger partial charge in [0, 0.05) is 5.56 Å². The molecule has 0 aliphatic heterocycles. The molecule has 0 amide bonds. The zero-order chi connectivity index (χ0) is 10.6. The van der Waals surface area contributed by atoms with Gasteiger partial charge in [-0.2, -0.15) is 0 Å². The van der Waals surface area contributed by atoms with Gasteiger partial charge in [-0.3, -0.25) is 0 Å². The number of hydrogen-bond acceptors (Lipinski definition) is 3. The molecule has 0 aliphatic carbocycles. The minimum atomic E-state index is 0.593. The average molecular weight is 195 g/mol. The van der Waals surface area contributed by atoms with Gasteiger partial charge in [0.15, 0.2) is 0 Å². The topological polar surface area (TPSA) is 44.5 Å². The van der Waals surface area contributed by atoms with Crippen molar-refractivity contribution in [2.24, 2.45) is 5.73 Å². The lowest BCUT2D eigenvalue weighted by Gasteiger charge is -2.13. The van der Waals surface area contributed by atoms with Crippen LogP contribution in [0.1, 0.15) is 11.1 Å². The minimum absolute atomic E-state index is 0.593. The largest absolute Gasteiger partial charge is 0.496 e. The summed E-state index contributed by atoms with van der Waals surface area (Å²) in [5, 5.41) is 0. The highest BCUT2D eigenvalue weighted by Crippen LogP contribution is 2.30. The molecule has 0 aliphatic rings. The van der Waals surface area contributed by atoms with E-state index in [1.54, 1.807) is 14.2 Å². The first-order chi connectivity index (χ1) is 6.72. The van der Waals surface area contributed by atoms with Gasteiger partial charge >= 0.3 is 0 Å². The first kappa shape index (κ1) is 10.9. The van der Waals surface area contributed by atoms with Crippen LogP contribution in [0.4, 0.5) is 0 Å². The van der Waals surface area contributed by atoms with E-state index in [4.69, 9.17) is 15.2 Å². The van der Waals surface area contributed by atoms with Crippen LogP contribution in [0.2, 0.25) is 0 Å². The average Bonchev–Trinajstić information content (AvgIpc) is 2.20. The lowest BCUT2D eigenvalue weighted by Crippen LogP contribution is -2.06. The van der Waals surface area contributed by atoms with Crippen LogP contribution in [-0.2, 0) is 6.42 Å². The Morgan fingerprint density at radius 3 is 2.00 bits per heavy atom. The van der Waals surface area contributed by atoms with Crippen LogP contribution >= 0.6 is 0 Å². The number of ether oxygens (including phenoxy) is 2. The van der Waals surface area contributed by atoms with E-state index in [9.17, 15) is 0 Å². The summed E-state index contributed by atoms with van der Waals surface area (Å²) in [6.07, 6.45) is 0.770. The standard InChI is InChI=1S/C11H17NO2/c1-8-6-10(13-2)9(4-5-12)11(7-8)14-3/h6-7H,4-5,12H2,1-3H3. The Morgan fingerprint density at radius 1 is 1.14 bits per heavy atom. The van der Waals surface area contributed by atoms with Gasteiger partial charge in [-0.25, -0.2) is 0 Å². The SMILES string of the molecule is COc1cc(C)cc(OC)c1CCN.